The van der Waals surface area contributed by atoms with E-state index in [0.29, 0.717) is 12.8 Å². The Kier molecular flexibility index (Phi) is 22.4. The van der Waals surface area contributed by atoms with Crippen LogP contribution < -0.4 is 31.9 Å². The largest absolute Gasteiger partial charge is 0.481 e. The number of carboxylic acids is 1. The van der Waals surface area contributed by atoms with Crippen molar-refractivity contribution in [3.63, 3.8) is 0 Å². The van der Waals surface area contributed by atoms with Crippen LogP contribution in [-0.2, 0) is 38.3 Å². The standard InChI is InChI=1S/C39H68N6O9/c1-23(2)14-29-17-36(49)45-33(26(7)8)21-38(51)44-31(18-35(48)43-30(15-24(3)4)19-39(52)53)22-54-13-11-10-12-28(16-34(47)42-29)41-37(50)20-32(25(5)6)40-27(9)46/h10-11,23-26,28-33H,12-22H2,1-9H3,(H,40,46)(H,41,50)(H,42,47)(H,43,48)(H,44,51)(H,45,49)(H,52,53)/b11-10+/t28?,29-,30+,31+,32+,33+/m0/s1. The minimum Gasteiger partial charge on any atom is -0.481 e. The Labute approximate surface area is 321 Å². The smallest absolute Gasteiger partial charge is 0.305 e. The van der Waals surface area contributed by atoms with Gasteiger partial charge < -0.3 is 41.7 Å². The summed E-state index contributed by atoms with van der Waals surface area (Å²) in [5, 5.41) is 26.7. The number of nitrogens with one attached hydrogen (secondary N) is 6. The van der Waals surface area contributed by atoms with E-state index in [9.17, 15) is 38.7 Å². The van der Waals surface area contributed by atoms with Crippen molar-refractivity contribution in [1.82, 2.24) is 31.9 Å². The van der Waals surface area contributed by atoms with Crippen LogP contribution in [0.4, 0.5) is 0 Å². The molecule has 1 aliphatic heterocycles. The second kappa shape index (κ2) is 25.1. The zero-order valence-electron chi connectivity index (χ0n) is 33.9. The molecule has 1 rings (SSSR count). The van der Waals surface area contributed by atoms with Crippen molar-refractivity contribution in [2.45, 2.75) is 156 Å². The molecular formula is C39H68N6O9. The Bertz CT molecular complexity index is 1270. The van der Waals surface area contributed by atoms with Gasteiger partial charge in [0, 0.05) is 69.2 Å². The number of carbonyl (C=O) groups excluding carboxylic acids is 6. The number of rotatable bonds is 15. The summed E-state index contributed by atoms with van der Waals surface area (Å²) >= 11 is 0. The van der Waals surface area contributed by atoms with Crippen molar-refractivity contribution in [1.29, 1.82) is 0 Å². The van der Waals surface area contributed by atoms with Crippen molar-refractivity contribution in [2.24, 2.45) is 23.7 Å². The molecule has 0 radical (unpaired) electrons. The molecule has 6 amide bonds. The van der Waals surface area contributed by atoms with Crippen molar-refractivity contribution < 1.29 is 43.4 Å². The van der Waals surface area contributed by atoms with E-state index in [0.717, 1.165) is 0 Å². The Hall–Kier alpha value is -4.01. The summed E-state index contributed by atoms with van der Waals surface area (Å²) in [4.78, 5) is 89.5. The van der Waals surface area contributed by atoms with Crippen LogP contribution in [0.15, 0.2) is 12.2 Å². The number of hydrogen-bond donors (Lipinski definition) is 7. The van der Waals surface area contributed by atoms with E-state index in [4.69, 9.17) is 4.74 Å². The Morgan fingerprint density at radius 1 is 0.796 bits per heavy atom. The minimum atomic E-state index is -1.03. The third kappa shape index (κ3) is 22.3. The first kappa shape index (κ1) is 48.0. The zero-order chi connectivity index (χ0) is 41.0. The third-order valence-electron chi connectivity index (χ3n) is 8.96. The number of ether oxygens (including phenoxy) is 1. The average molecular weight is 765 g/mol. The van der Waals surface area contributed by atoms with E-state index < -0.39 is 48.0 Å². The number of carboxylic acid groups (broad SMARTS) is 1. The topological polar surface area (TPSA) is 221 Å². The molecule has 15 heteroatoms. The molecule has 0 saturated heterocycles. The first-order valence-corrected chi connectivity index (χ1v) is 19.4. The summed E-state index contributed by atoms with van der Waals surface area (Å²) in [6.07, 6.45) is 4.31. The lowest BCUT2D eigenvalue weighted by atomic mass is 9.97. The second-order valence-electron chi connectivity index (χ2n) is 16.1. The van der Waals surface area contributed by atoms with Gasteiger partial charge in [-0.2, -0.15) is 0 Å². The summed E-state index contributed by atoms with van der Waals surface area (Å²) < 4.78 is 5.84. The van der Waals surface area contributed by atoms with Gasteiger partial charge >= 0.3 is 5.97 Å². The number of hydrogen-bond acceptors (Lipinski definition) is 8. The highest BCUT2D eigenvalue weighted by molar-refractivity contribution is 5.83. The lowest BCUT2D eigenvalue weighted by molar-refractivity contribution is -0.138. The van der Waals surface area contributed by atoms with Crippen molar-refractivity contribution in [3.8, 4) is 0 Å². The van der Waals surface area contributed by atoms with Crippen LogP contribution in [0.25, 0.3) is 0 Å². The molecule has 1 aliphatic rings. The van der Waals surface area contributed by atoms with Gasteiger partial charge in [-0.05, 0) is 42.9 Å². The van der Waals surface area contributed by atoms with Gasteiger partial charge in [0.2, 0.25) is 35.4 Å². The summed E-state index contributed by atoms with van der Waals surface area (Å²) in [6.45, 7) is 16.9. The Morgan fingerprint density at radius 3 is 2.00 bits per heavy atom. The Morgan fingerprint density at radius 2 is 1.43 bits per heavy atom. The molecule has 0 aromatic carbocycles. The zero-order valence-corrected chi connectivity index (χ0v) is 33.9. The third-order valence-corrected chi connectivity index (χ3v) is 8.96. The predicted molar refractivity (Wildman–Crippen MR) is 206 cm³/mol. The molecule has 15 nitrogen and oxygen atoms in total. The first-order chi connectivity index (χ1) is 25.2. The van der Waals surface area contributed by atoms with Gasteiger partial charge in [0.15, 0.2) is 0 Å². The molecule has 1 unspecified atom stereocenters. The molecule has 0 aliphatic carbocycles. The van der Waals surface area contributed by atoms with Gasteiger partial charge in [0.1, 0.15) is 0 Å². The highest BCUT2D eigenvalue weighted by atomic mass is 16.5. The molecule has 308 valence electrons. The van der Waals surface area contributed by atoms with Crippen LogP contribution >= 0.6 is 0 Å². The van der Waals surface area contributed by atoms with Gasteiger partial charge in [-0.1, -0.05) is 67.5 Å². The first-order valence-electron chi connectivity index (χ1n) is 19.4. The highest BCUT2D eigenvalue weighted by Gasteiger charge is 2.27. The Balaban J connectivity index is 3.32. The molecule has 1 heterocycles. The quantitative estimate of drug-likeness (QED) is 0.122. The SMILES string of the molecule is CC(=O)N[C@H](CC(=O)NC1C/C=C/COC[C@@H](CC(=O)N[C@@H](CC(=O)O)CC(C)C)NC(=O)C[C@H](C(C)C)NC(=O)C[C@H](CC(C)C)NC(=O)C1)C(C)C. The number of carbonyl (C=O) groups is 7. The maximum Gasteiger partial charge on any atom is 0.305 e. The van der Waals surface area contributed by atoms with Gasteiger partial charge in [0.05, 0.1) is 25.7 Å². The maximum absolute atomic E-state index is 13.4. The number of amides is 6. The van der Waals surface area contributed by atoms with Crippen LogP contribution in [-0.4, -0.2) is 96.0 Å². The summed E-state index contributed by atoms with van der Waals surface area (Å²) in [6, 6.07) is -3.33. The molecule has 0 fully saturated rings. The average Bonchev–Trinajstić information content (AvgIpc) is 2.99. The molecule has 7 N–H and O–H groups in total. The molecule has 0 aromatic rings. The summed E-state index contributed by atoms with van der Waals surface area (Å²) in [7, 11) is 0. The van der Waals surface area contributed by atoms with Gasteiger partial charge in [-0.25, -0.2) is 0 Å². The molecule has 0 aromatic heterocycles. The van der Waals surface area contributed by atoms with Gasteiger partial charge in [-0.3, -0.25) is 33.6 Å². The van der Waals surface area contributed by atoms with E-state index >= 15 is 0 Å². The van der Waals surface area contributed by atoms with Crippen LogP contribution in [0.5, 0.6) is 0 Å². The fourth-order valence-electron chi connectivity index (χ4n) is 6.34. The number of aliphatic carboxylic acids is 1. The highest BCUT2D eigenvalue weighted by Crippen LogP contribution is 2.14. The molecule has 0 spiro atoms. The fourth-order valence-corrected chi connectivity index (χ4v) is 6.34. The van der Waals surface area contributed by atoms with E-state index in [1.54, 1.807) is 12.2 Å². The van der Waals surface area contributed by atoms with E-state index in [1.807, 2.05) is 55.4 Å². The van der Waals surface area contributed by atoms with E-state index in [2.05, 4.69) is 31.9 Å². The fraction of sp³-hybridized carbons (Fsp3) is 0.769. The van der Waals surface area contributed by atoms with Crippen LogP contribution in [0.1, 0.15) is 120 Å². The van der Waals surface area contributed by atoms with E-state index in [1.165, 1.54) is 6.92 Å². The molecular weight excluding hydrogens is 696 g/mol. The van der Waals surface area contributed by atoms with E-state index in [-0.39, 0.29) is 112 Å². The second-order valence-corrected chi connectivity index (χ2v) is 16.1. The van der Waals surface area contributed by atoms with Crippen molar-refractivity contribution in [2.75, 3.05) is 13.2 Å². The van der Waals surface area contributed by atoms with Gasteiger partial charge in [0.25, 0.3) is 0 Å². The maximum atomic E-state index is 13.4. The molecule has 54 heavy (non-hydrogen) atoms. The molecule has 6 atom stereocenters. The van der Waals surface area contributed by atoms with Crippen molar-refractivity contribution >= 4 is 41.4 Å². The van der Waals surface area contributed by atoms with Crippen LogP contribution in [0.2, 0.25) is 0 Å². The normalized spacial score (nSPS) is 22.9. The van der Waals surface area contributed by atoms with Crippen molar-refractivity contribution in [3.05, 3.63) is 12.2 Å². The monoisotopic (exact) mass is 765 g/mol. The predicted octanol–water partition coefficient (Wildman–Crippen LogP) is 2.72. The molecule has 0 saturated carbocycles. The van der Waals surface area contributed by atoms with Crippen LogP contribution in [0.3, 0.4) is 0 Å². The lowest BCUT2D eigenvalue weighted by Crippen LogP contribution is -2.48. The van der Waals surface area contributed by atoms with Crippen LogP contribution in [0, 0.1) is 23.7 Å². The lowest BCUT2D eigenvalue weighted by Gasteiger charge is -2.26. The molecule has 0 bridgehead atoms. The van der Waals surface area contributed by atoms with Gasteiger partial charge in [-0.15, -0.1) is 0 Å². The summed E-state index contributed by atoms with van der Waals surface area (Å²) in [5.74, 6) is -2.88. The summed E-state index contributed by atoms with van der Waals surface area (Å²) in [5.41, 5.74) is 0. The minimum absolute atomic E-state index is 0.00129.